The number of alkyl halides is 2. The van der Waals surface area contributed by atoms with Crippen molar-refractivity contribution in [2.24, 2.45) is 0 Å². The highest BCUT2D eigenvalue weighted by molar-refractivity contribution is 5.85. The van der Waals surface area contributed by atoms with Gasteiger partial charge in [0.1, 0.15) is 6.54 Å². The predicted molar refractivity (Wildman–Crippen MR) is 62.1 cm³/mol. The van der Waals surface area contributed by atoms with Crippen LogP contribution in [0.15, 0.2) is 12.3 Å². The van der Waals surface area contributed by atoms with Gasteiger partial charge < -0.3 is 5.32 Å². The van der Waals surface area contributed by atoms with Gasteiger partial charge in [-0.25, -0.2) is 8.78 Å². The molecule has 6 heteroatoms. The minimum absolute atomic E-state index is 0. The molecule has 0 aliphatic carbocycles. The number of rotatable bonds is 7. The van der Waals surface area contributed by atoms with Crippen molar-refractivity contribution in [3.63, 3.8) is 0 Å². The molecule has 0 aliphatic heterocycles. The summed E-state index contributed by atoms with van der Waals surface area (Å²) in [6, 6.07) is 1.77. The van der Waals surface area contributed by atoms with Crippen LogP contribution >= 0.6 is 12.4 Å². The van der Waals surface area contributed by atoms with Crippen molar-refractivity contribution in [1.82, 2.24) is 15.1 Å². The van der Waals surface area contributed by atoms with E-state index in [9.17, 15) is 8.78 Å². The molecule has 0 atom stereocenters. The van der Waals surface area contributed by atoms with E-state index in [1.165, 1.54) is 4.68 Å². The number of aromatic nitrogens is 2. The van der Waals surface area contributed by atoms with Crippen LogP contribution in [0.25, 0.3) is 0 Å². The monoisotopic (exact) mass is 253 g/mol. The maximum Gasteiger partial charge on any atom is 0.257 e. The summed E-state index contributed by atoms with van der Waals surface area (Å²) < 4.78 is 25.3. The zero-order valence-corrected chi connectivity index (χ0v) is 10.1. The van der Waals surface area contributed by atoms with Crippen LogP contribution in [0.5, 0.6) is 0 Å². The molecule has 1 heterocycles. The summed E-state index contributed by atoms with van der Waals surface area (Å²) in [5.74, 6) is 0. The second-order valence-corrected chi connectivity index (χ2v) is 3.45. The van der Waals surface area contributed by atoms with Gasteiger partial charge in [0.25, 0.3) is 6.43 Å². The Bertz CT molecular complexity index is 279. The average Bonchev–Trinajstić information content (AvgIpc) is 2.59. The van der Waals surface area contributed by atoms with E-state index in [1.54, 1.807) is 12.3 Å². The summed E-state index contributed by atoms with van der Waals surface area (Å²) >= 11 is 0. The lowest BCUT2D eigenvalue weighted by Gasteiger charge is -2.01. The van der Waals surface area contributed by atoms with Gasteiger partial charge in [-0.3, -0.25) is 4.68 Å². The van der Waals surface area contributed by atoms with E-state index in [-0.39, 0.29) is 19.0 Å². The zero-order valence-electron chi connectivity index (χ0n) is 9.33. The summed E-state index contributed by atoms with van der Waals surface area (Å²) in [5, 5.41) is 7.23. The summed E-state index contributed by atoms with van der Waals surface area (Å²) in [5.41, 5.74) is 0.812. The smallest absolute Gasteiger partial charge is 0.257 e. The Balaban J connectivity index is 0.00000225. The number of nitrogens with one attached hydrogen (secondary N) is 1. The van der Waals surface area contributed by atoms with E-state index in [4.69, 9.17) is 0 Å². The van der Waals surface area contributed by atoms with Crippen molar-refractivity contribution in [2.75, 3.05) is 6.54 Å². The first-order valence-corrected chi connectivity index (χ1v) is 5.23. The van der Waals surface area contributed by atoms with Crippen LogP contribution in [0.3, 0.4) is 0 Å². The Morgan fingerprint density at radius 1 is 1.50 bits per heavy atom. The van der Waals surface area contributed by atoms with Crippen LogP contribution in [-0.4, -0.2) is 22.8 Å². The molecule has 0 saturated carbocycles. The lowest BCUT2D eigenvalue weighted by atomic mass is 10.3. The molecular formula is C10H18ClF2N3. The first-order chi connectivity index (χ1) is 7.22. The Morgan fingerprint density at radius 3 is 2.88 bits per heavy atom. The van der Waals surface area contributed by atoms with E-state index >= 15 is 0 Å². The summed E-state index contributed by atoms with van der Waals surface area (Å²) in [6.07, 6.45) is 1.51. The summed E-state index contributed by atoms with van der Waals surface area (Å²) in [7, 11) is 0. The Kier molecular flexibility index (Phi) is 8.11. The normalized spacial score (nSPS) is 10.5. The number of unbranched alkanes of at least 4 members (excludes halogenated alkanes) is 1. The Hall–Kier alpha value is -0.680. The van der Waals surface area contributed by atoms with Crippen molar-refractivity contribution in [2.45, 2.75) is 39.3 Å². The zero-order chi connectivity index (χ0) is 11.1. The first-order valence-electron chi connectivity index (χ1n) is 5.23. The molecule has 1 rings (SSSR count). The second kappa shape index (κ2) is 8.47. The van der Waals surface area contributed by atoms with Crippen LogP contribution in [0.4, 0.5) is 8.78 Å². The van der Waals surface area contributed by atoms with Crippen LogP contribution in [0.2, 0.25) is 0 Å². The molecule has 3 nitrogen and oxygen atoms in total. The van der Waals surface area contributed by atoms with Crippen molar-refractivity contribution >= 4 is 12.4 Å². The molecule has 94 valence electrons. The molecule has 1 N–H and O–H groups in total. The number of hydrogen-bond donors (Lipinski definition) is 1. The summed E-state index contributed by atoms with van der Waals surface area (Å²) in [4.78, 5) is 0. The largest absolute Gasteiger partial charge is 0.311 e. The van der Waals surface area contributed by atoms with Gasteiger partial charge in [0.2, 0.25) is 0 Å². The Morgan fingerprint density at radius 2 is 2.25 bits per heavy atom. The van der Waals surface area contributed by atoms with Gasteiger partial charge >= 0.3 is 0 Å². The topological polar surface area (TPSA) is 29.9 Å². The van der Waals surface area contributed by atoms with Crippen LogP contribution in [0.1, 0.15) is 25.5 Å². The van der Waals surface area contributed by atoms with Crippen molar-refractivity contribution < 1.29 is 8.78 Å². The molecule has 16 heavy (non-hydrogen) atoms. The van der Waals surface area contributed by atoms with E-state index in [2.05, 4.69) is 17.3 Å². The third-order valence-corrected chi connectivity index (χ3v) is 2.03. The van der Waals surface area contributed by atoms with Gasteiger partial charge in [-0.1, -0.05) is 13.3 Å². The SMILES string of the molecule is CCCCNCc1ccn(CC(F)F)n1.Cl. The molecule has 0 saturated heterocycles. The van der Waals surface area contributed by atoms with E-state index in [0.29, 0.717) is 6.54 Å². The fourth-order valence-corrected chi connectivity index (χ4v) is 1.26. The molecule has 0 radical (unpaired) electrons. The van der Waals surface area contributed by atoms with E-state index in [1.807, 2.05) is 0 Å². The molecule has 0 aliphatic rings. The van der Waals surface area contributed by atoms with Crippen LogP contribution in [-0.2, 0) is 13.1 Å². The molecule has 0 amide bonds. The third-order valence-electron chi connectivity index (χ3n) is 2.03. The molecule has 0 fully saturated rings. The maximum atomic E-state index is 12.0. The lowest BCUT2D eigenvalue weighted by molar-refractivity contribution is 0.121. The average molecular weight is 254 g/mol. The minimum atomic E-state index is -2.34. The minimum Gasteiger partial charge on any atom is -0.311 e. The van der Waals surface area contributed by atoms with Crippen LogP contribution in [0, 0.1) is 0 Å². The highest BCUT2D eigenvalue weighted by Crippen LogP contribution is 2.00. The highest BCUT2D eigenvalue weighted by atomic mass is 35.5. The number of halogens is 3. The van der Waals surface area contributed by atoms with E-state index < -0.39 is 6.43 Å². The molecule has 0 aromatic carbocycles. The second-order valence-electron chi connectivity index (χ2n) is 3.45. The van der Waals surface area contributed by atoms with Gasteiger partial charge in [0.15, 0.2) is 0 Å². The van der Waals surface area contributed by atoms with Gasteiger partial charge in [-0.2, -0.15) is 5.10 Å². The molecule has 1 aromatic heterocycles. The van der Waals surface area contributed by atoms with Crippen molar-refractivity contribution in [1.29, 1.82) is 0 Å². The maximum absolute atomic E-state index is 12.0. The van der Waals surface area contributed by atoms with E-state index in [0.717, 1.165) is 25.1 Å². The van der Waals surface area contributed by atoms with Crippen molar-refractivity contribution in [3.05, 3.63) is 18.0 Å². The molecular weight excluding hydrogens is 236 g/mol. The van der Waals surface area contributed by atoms with Gasteiger partial charge in [-0.05, 0) is 19.0 Å². The fraction of sp³-hybridized carbons (Fsp3) is 0.700. The standard InChI is InChI=1S/C10H17F2N3.ClH/c1-2-3-5-13-7-9-4-6-15(14-9)8-10(11)12;/h4,6,10,13H,2-3,5,7-8H2,1H3;1H. The first kappa shape index (κ1) is 15.3. The summed E-state index contributed by atoms with van der Waals surface area (Å²) in [6.45, 7) is 3.39. The predicted octanol–water partition coefficient (Wildman–Crippen LogP) is 2.46. The number of hydrogen-bond acceptors (Lipinski definition) is 2. The lowest BCUT2D eigenvalue weighted by Crippen LogP contribution is -2.15. The van der Waals surface area contributed by atoms with Crippen LogP contribution < -0.4 is 5.32 Å². The van der Waals surface area contributed by atoms with Crippen molar-refractivity contribution in [3.8, 4) is 0 Å². The quantitative estimate of drug-likeness (QED) is 0.757. The van der Waals surface area contributed by atoms with Gasteiger partial charge in [-0.15, -0.1) is 12.4 Å². The molecule has 0 bridgehead atoms. The highest BCUT2D eigenvalue weighted by Gasteiger charge is 2.05. The fourth-order valence-electron chi connectivity index (χ4n) is 1.26. The third kappa shape index (κ3) is 6.02. The Labute approximate surface area is 101 Å². The molecule has 0 spiro atoms. The number of nitrogens with zero attached hydrogens (tertiary/aromatic N) is 2. The van der Waals surface area contributed by atoms with Gasteiger partial charge in [0, 0.05) is 12.7 Å². The molecule has 1 aromatic rings. The van der Waals surface area contributed by atoms with Gasteiger partial charge in [0.05, 0.1) is 5.69 Å². The molecule has 0 unspecified atom stereocenters.